The Morgan fingerprint density at radius 1 is 1.00 bits per heavy atom. The number of rotatable bonds is 7. The van der Waals surface area contributed by atoms with E-state index < -0.39 is 11.9 Å². The lowest BCUT2D eigenvalue weighted by Crippen LogP contribution is -2.30. The Morgan fingerprint density at radius 2 is 1.69 bits per heavy atom. The molecule has 2 aromatic rings. The van der Waals surface area contributed by atoms with E-state index in [1.54, 1.807) is 18.2 Å². The topological polar surface area (TPSA) is 93.7 Å². The maximum Gasteiger partial charge on any atom is 0.325 e. The number of esters is 1. The van der Waals surface area contributed by atoms with Crippen molar-refractivity contribution >= 4 is 23.5 Å². The molecule has 29 heavy (non-hydrogen) atoms. The van der Waals surface area contributed by atoms with Crippen molar-refractivity contribution in [3.8, 4) is 5.75 Å². The van der Waals surface area contributed by atoms with E-state index in [1.807, 2.05) is 24.3 Å². The average molecular weight is 398 g/mol. The van der Waals surface area contributed by atoms with Crippen LogP contribution in [-0.4, -0.2) is 38.0 Å². The normalized spacial score (nSPS) is 10.8. The number of anilines is 1. The van der Waals surface area contributed by atoms with Crippen LogP contribution in [0.4, 0.5) is 5.69 Å². The van der Waals surface area contributed by atoms with E-state index >= 15 is 0 Å². The fourth-order valence-corrected chi connectivity index (χ4v) is 2.46. The molecule has 2 amide bonds. The standard InChI is InChI=1S/C22H26N2O5/c1-22(2,3)16-8-10-18(11-9-16)29-14-19(25)24-17-7-5-6-15(12-17)21(27)23-13-20(26)28-4/h5-12H,13-14H2,1-4H3,(H,23,27)(H,24,25). The molecule has 0 saturated heterocycles. The van der Waals surface area contributed by atoms with Crippen LogP contribution in [0.5, 0.6) is 5.75 Å². The summed E-state index contributed by atoms with van der Waals surface area (Å²) in [6.45, 7) is 5.99. The van der Waals surface area contributed by atoms with Crippen molar-refractivity contribution in [1.29, 1.82) is 0 Å². The van der Waals surface area contributed by atoms with Crippen LogP contribution in [0.3, 0.4) is 0 Å². The Hall–Kier alpha value is -3.35. The summed E-state index contributed by atoms with van der Waals surface area (Å²) < 4.78 is 9.99. The molecule has 0 spiro atoms. The monoisotopic (exact) mass is 398 g/mol. The number of nitrogens with one attached hydrogen (secondary N) is 2. The molecule has 0 radical (unpaired) electrons. The number of carbonyl (C=O) groups is 3. The van der Waals surface area contributed by atoms with Crippen LogP contribution in [0, 0.1) is 0 Å². The third kappa shape index (κ3) is 6.95. The maximum absolute atomic E-state index is 12.1. The van der Waals surface area contributed by atoms with Crippen LogP contribution in [0.2, 0.25) is 0 Å². The molecule has 2 rings (SSSR count). The van der Waals surface area contributed by atoms with E-state index in [0.29, 0.717) is 17.0 Å². The van der Waals surface area contributed by atoms with Gasteiger partial charge >= 0.3 is 5.97 Å². The largest absolute Gasteiger partial charge is 0.484 e. The average Bonchev–Trinajstić information content (AvgIpc) is 2.70. The highest BCUT2D eigenvalue weighted by Gasteiger charge is 2.13. The third-order valence-electron chi connectivity index (χ3n) is 4.12. The number of ether oxygens (including phenoxy) is 2. The van der Waals surface area contributed by atoms with Gasteiger partial charge in [-0.05, 0) is 41.3 Å². The van der Waals surface area contributed by atoms with Gasteiger partial charge in [0.2, 0.25) is 0 Å². The van der Waals surface area contributed by atoms with Crippen LogP contribution < -0.4 is 15.4 Å². The number of hydrogen-bond donors (Lipinski definition) is 2. The molecule has 7 heteroatoms. The van der Waals surface area contributed by atoms with Gasteiger partial charge in [-0.25, -0.2) is 0 Å². The highest BCUT2D eigenvalue weighted by atomic mass is 16.5. The maximum atomic E-state index is 12.1. The summed E-state index contributed by atoms with van der Waals surface area (Å²) >= 11 is 0. The summed E-state index contributed by atoms with van der Waals surface area (Å²) in [5.74, 6) is -0.738. The smallest absolute Gasteiger partial charge is 0.325 e. The van der Waals surface area contributed by atoms with Crippen molar-refractivity contribution < 1.29 is 23.9 Å². The van der Waals surface area contributed by atoms with E-state index in [1.165, 1.54) is 18.7 Å². The molecular formula is C22H26N2O5. The molecule has 0 aliphatic heterocycles. The van der Waals surface area contributed by atoms with E-state index in [-0.39, 0.29) is 24.5 Å². The second kappa shape index (κ2) is 9.73. The highest BCUT2D eigenvalue weighted by molar-refractivity contribution is 5.98. The minimum absolute atomic E-state index is 0.0457. The van der Waals surface area contributed by atoms with Crippen molar-refractivity contribution in [1.82, 2.24) is 5.32 Å². The molecule has 0 unspecified atom stereocenters. The van der Waals surface area contributed by atoms with Gasteiger partial charge < -0.3 is 20.1 Å². The zero-order valence-corrected chi connectivity index (χ0v) is 17.1. The molecule has 2 N–H and O–H groups in total. The number of methoxy groups -OCH3 is 1. The number of amides is 2. The van der Waals surface area contributed by atoms with Crippen molar-refractivity contribution in [2.24, 2.45) is 0 Å². The molecule has 0 aliphatic rings. The Bertz CT molecular complexity index is 870. The summed E-state index contributed by atoms with van der Waals surface area (Å²) in [5.41, 5.74) is 1.98. The zero-order valence-electron chi connectivity index (χ0n) is 17.1. The van der Waals surface area contributed by atoms with Crippen molar-refractivity contribution in [2.45, 2.75) is 26.2 Å². The zero-order chi connectivity index (χ0) is 21.4. The van der Waals surface area contributed by atoms with E-state index in [2.05, 4.69) is 36.1 Å². The molecule has 0 saturated carbocycles. The summed E-state index contributed by atoms with van der Waals surface area (Å²) in [7, 11) is 1.24. The Balaban J connectivity index is 1.89. The molecule has 0 aliphatic carbocycles. The van der Waals surface area contributed by atoms with Gasteiger partial charge in [0.15, 0.2) is 6.61 Å². The van der Waals surface area contributed by atoms with Crippen molar-refractivity contribution in [3.63, 3.8) is 0 Å². The molecule has 2 aromatic carbocycles. The molecule has 0 aromatic heterocycles. The fourth-order valence-electron chi connectivity index (χ4n) is 2.46. The minimum Gasteiger partial charge on any atom is -0.484 e. The molecule has 0 fully saturated rings. The molecule has 0 atom stereocenters. The molecule has 7 nitrogen and oxygen atoms in total. The summed E-state index contributed by atoms with van der Waals surface area (Å²) in [4.78, 5) is 35.3. The molecular weight excluding hydrogens is 372 g/mol. The highest BCUT2D eigenvalue weighted by Crippen LogP contribution is 2.24. The van der Waals surface area contributed by atoms with Gasteiger partial charge in [0.05, 0.1) is 7.11 Å². The fraction of sp³-hybridized carbons (Fsp3) is 0.318. The second-order valence-corrected chi connectivity index (χ2v) is 7.45. The van der Waals surface area contributed by atoms with Gasteiger partial charge in [-0.2, -0.15) is 0 Å². The van der Waals surface area contributed by atoms with Gasteiger partial charge in [0, 0.05) is 11.3 Å². The van der Waals surface area contributed by atoms with Crippen LogP contribution in [0.1, 0.15) is 36.7 Å². The van der Waals surface area contributed by atoms with Crippen LogP contribution in [0.15, 0.2) is 48.5 Å². The quantitative estimate of drug-likeness (QED) is 0.700. The van der Waals surface area contributed by atoms with Gasteiger partial charge in [0.1, 0.15) is 12.3 Å². The second-order valence-electron chi connectivity index (χ2n) is 7.45. The molecule has 0 heterocycles. The first-order valence-electron chi connectivity index (χ1n) is 9.17. The van der Waals surface area contributed by atoms with Gasteiger partial charge in [0.25, 0.3) is 11.8 Å². The summed E-state index contributed by atoms with van der Waals surface area (Å²) in [6.07, 6.45) is 0. The Morgan fingerprint density at radius 3 is 2.31 bits per heavy atom. The molecule has 0 bridgehead atoms. The lowest BCUT2D eigenvalue weighted by atomic mass is 9.87. The van der Waals surface area contributed by atoms with E-state index in [0.717, 1.165) is 0 Å². The van der Waals surface area contributed by atoms with Gasteiger partial charge in [-0.15, -0.1) is 0 Å². The van der Waals surface area contributed by atoms with E-state index in [9.17, 15) is 14.4 Å². The van der Waals surface area contributed by atoms with Gasteiger partial charge in [-0.3, -0.25) is 14.4 Å². The van der Waals surface area contributed by atoms with Crippen LogP contribution in [0.25, 0.3) is 0 Å². The van der Waals surface area contributed by atoms with Gasteiger partial charge in [-0.1, -0.05) is 39.0 Å². The number of benzene rings is 2. The summed E-state index contributed by atoms with van der Waals surface area (Å²) in [6, 6.07) is 14.0. The predicted molar refractivity (Wildman–Crippen MR) is 110 cm³/mol. The van der Waals surface area contributed by atoms with Crippen LogP contribution >= 0.6 is 0 Å². The predicted octanol–water partition coefficient (Wildman–Crippen LogP) is 2.90. The third-order valence-corrected chi connectivity index (χ3v) is 4.12. The van der Waals surface area contributed by atoms with E-state index in [4.69, 9.17) is 4.74 Å². The summed E-state index contributed by atoms with van der Waals surface area (Å²) in [5, 5.41) is 5.12. The number of carbonyl (C=O) groups excluding carboxylic acids is 3. The van der Waals surface area contributed by atoms with Crippen LogP contribution in [-0.2, 0) is 19.7 Å². The first-order valence-corrected chi connectivity index (χ1v) is 9.17. The first kappa shape index (κ1) is 21.9. The lowest BCUT2D eigenvalue weighted by Gasteiger charge is -2.19. The minimum atomic E-state index is -0.546. The SMILES string of the molecule is COC(=O)CNC(=O)c1cccc(NC(=O)COc2ccc(C(C)(C)C)cc2)c1. The Kier molecular flexibility index (Phi) is 7.36. The molecule has 154 valence electrons. The lowest BCUT2D eigenvalue weighted by molar-refractivity contribution is -0.139. The van der Waals surface area contributed by atoms with Crippen molar-refractivity contribution in [3.05, 3.63) is 59.7 Å². The number of hydrogen-bond acceptors (Lipinski definition) is 5. The Labute approximate surface area is 170 Å². The first-order chi connectivity index (χ1) is 13.7. The van der Waals surface area contributed by atoms with Crippen molar-refractivity contribution in [2.75, 3.05) is 25.6 Å².